The van der Waals surface area contributed by atoms with Crippen LogP contribution in [-0.2, 0) is 17.3 Å². The maximum absolute atomic E-state index is 11.7. The number of hydrogen-bond donors (Lipinski definition) is 2. The number of para-hydroxylation sites is 2. The van der Waals surface area contributed by atoms with Gasteiger partial charge < -0.3 is 10.2 Å². The molecule has 208 valence electrons. The van der Waals surface area contributed by atoms with Crippen molar-refractivity contribution in [1.29, 1.82) is 0 Å². The van der Waals surface area contributed by atoms with Crippen LogP contribution in [0.2, 0.25) is 0 Å². The Hall–Kier alpha value is -4.72. The molecule has 4 aromatic carbocycles. The molecule has 0 aliphatic heterocycles. The predicted octanol–water partition coefficient (Wildman–Crippen LogP) is 6.75. The van der Waals surface area contributed by atoms with Crippen LogP contribution in [0.4, 0.5) is 0 Å². The SMILES string of the molecule is CC(C)(C)c1cc(Cc2cc(C(C)(C)C)cc(-n3nnc4ccccc43)c2O)c(O)c(-n2nnc3ccccc32)c1. The van der Waals surface area contributed by atoms with Crippen LogP contribution in [0.25, 0.3) is 33.4 Å². The van der Waals surface area contributed by atoms with Gasteiger partial charge in [-0.25, -0.2) is 9.36 Å². The Morgan fingerprint density at radius 1 is 0.585 bits per heavy atom. The third-order valence-electron chi connectivity index (χ3n) is 7.61. The van der Waals surface area contributed by atoms with Gasteiger partial charge in [0.1, 0.15) is 33.9 Å². The monoisotopic (exact) mass is 546 g/mol. The molecule has 0 aliphatic rings. The summed E-state index contributed by atoms with van der Waals surface area (Å²) in [5, 5.41) is 40.7. The van der Waals surface area contributed by atoms with Crippen molar-refractivity contribution in [2.45, 2.75) is 58.8 Å². The van der Waals surface area contributed by atoms with Crippen LogP contribution < -0.4 is 0 Å². The summed E-state index contributed by atoms with van der Waals surface area (Å²) in [6.07, 6.45) is 0.296. The first-order chi connectivity index (χ1) is 19.4. The van der Waals surface area contributed by atoms with Crippen LogP contribution in [0.3, 0.4) is 0 Å². The van der Waals surface area contributed by atoms with E-state index >= 15 is 0 Å². The van der Waals surface area contributed by atoms with Gasteiger partial charge in [0.2, 0.25) is 0 Å². The number of hydrogen-bond acceptors (Lipinski definition) is 6. The van der Waals surface area contributed by atoms with E-state index in [0.29, 0.717) is 28.9 Å². The third-order valence-corrected chi connectivity index (χ3v) is 7.61. The first-order valence-electron chi connectivity index (χ1n) is 13.8. The number of fused-ring (bicyclic) bond motifs is 2. The zero-order valence-corrected chi connectivity index (χ0v) is 24.2. The topological polar surface area (TPSA) is 102 Å². The smallest absolute Gasteiger partial charge is 0.144 e. The van der Waals surface area contributed by atoms with E-state index in [-0.39, 0.29) is 22.3 Å². The highest BCUT2D eigenvalue weighted by molar-refractivity contribution is 5.78. The van der Waals surface area contributed by atoms with Gasteiger partial charge in [-0.1, -0.05) is 88.4 Å². The van der Waals surface area contributed by atoms with E-state index < -0.39 is 0 Å². The second-order valence-electron chi connectivity index (χ2n) is 12.7. The van der Waals surface area contributed by atoms with Gasteiger partial charge in [0.25, 0.3) is 0 Å². The molecule has 0 unspecified atom stereocenters. The highest BCUT2D eigenvalue weighted by atomic mass is 16.3. The number of rotatable bonds is 4. The molecule has 2 aromatic heterocycles. The lowest BCUT2D eigenvalue weighted by Crippen LogP contribution is -2.14. The predicted molar refractivity (Wildman–Crippen MR) is 161 cm³/mol. The minimum atomic E-state index is -0.201. The van der Waals surface area contributed by atoms with Crippen LogP contribution >= 0.6 is 0 Å². The number of phenolic OH excluding ortho intramolecular Hbond substituents is 2. The van der Waals surface area contributed by atoms with Crippen molar-refractivity contribution in [2.24, 2.45) is 0 Å². The first-order valence-corrected chi connectivity index (χ1v) is 13.8. The lowest BCUT2D eigenvalue weighted by atomic mass is 9.83. The molecule has 0 fully saturated rings. The standard InChI is InChI=1S/C33H34N6O2/c1-32(2,3)22-16-20(30(40)28(18-22)38-26-13-9-7-11-24(26)34-36-38)15-21-17-23(33(4,5)6)19-29(31(21)41)39-27-14-10-8-12-25(27)35-37-39/h7-14,16-19,40-41H,15H2,1-6H3. The van der Waals surface area contributed by atoms with Crippen LogP contribution in [0.1, 0.15) is 63.8 Å². The summed E-state index contributed by atoms with van der Waals surface area (Å²) < 4.78 is 3.36. The molecule has 0 amide bonds. The Labute approximate surface area is 238 Å². The van der Waals surface area contributed by atoms with Crippen molar-refractivity contribution in [2.75, 3.05) is 0 Å². The molecule has 0 radical (unpaired) electrons. The van der Waals surface area contributed by atoms with Crippen molar-refractivity contribution in [3.8, 4) is 22.9 Å². The van der Waals surface area contributed by atoms with Crippen molar-refractivity contribution in [3.63, 3.8) is 0 Å². The van der Waals surface area contributed by atoms with Gasteiger partial charge >= 0.3 is 0 Å². The van der Waals surface area contributed by atoms with Gasteiger partial charge in [-0.3, -0.25) is 0 Å². The molecule has 6 aromatic rings. The molecule has 0 spiro atoms. The zero-order chi connectivity index (χ0) is 29.1. The molecule has 2 N–H and O–H groups in total. The summed E-state index contributed by atoms with van der Waals surface area (Å²) in [6.45, 7) is 12.8. The average molecular weight is 547 g/mol. The number of aromatic nitrogens is 6. The second-order valence-corrected chi connectivity index (χ2v) is 12.7. The second kappa shape index (κ2) is 9.44. The minimum Gasteiger partial charge on any atom is -0.505 e. The first kappa shape index (κ1) is 26.5. The molecular weight excluding hydrogens is 512 g/mol. The van der Waals surface area contributed by atoms with E-state index in [1.165, 1.54) is 0 Å². The van der Waals surface area contributed by atoms with Gasteiger partial charge in [-0.2, -0.15) is 0 Å². The fourth-order valence-corrected chi connectivity index (χ4v) is 5.11. The normalized spacial score (nSPS) is 12.4. The summed E-state index contributed by atoms with van der Waals surface area (Å²) >= 11 is 0. The third kappa shape index (κ3) is 4.69. The summed E-state index contributed by atoms with van der Waals surface area (Å²) in [5.74, 6) is 0.198. The number of aromatic hydroxyl groups is 2. The number of nitrogens with zero attached hydrogens (tertiary/aromatic N) is 6. The Balaban J connectivity index is 1.55. The van der Waals surface area contributed by atoms with Crippen LogP contribution in [0.5, 0.6) is 11.5 Å². The van der Waals surface area contributed by atoms with Gasteiger partial charge in [0, 0.05) is 17.5 Å². The average Bonchev–Trinajstić information content (AvgIpc) is 3.54. The van der Waals surface area contributed by atoms with Crippen LogP contribution in [-0.4, -0.2) is 40.2 Å². The van der Waals surface area contributed by atoms with Crippen molar-refractivity contribution in [1.82, 2.24) is 30.0 Å². The van der Waals surface area contributed by atoms with E-state index in [9.17, 15) is 10.2 Å². The molecule has 0 saturated carbocycles. The fourth-order valence-electron chi connectivity index (χ4n) is 5.11. The van der Waals surface area contributed by atoms with E-state index in [2.05, 4.69) is 62.2 Å². The molecule has 8 nitrogen and oxygen atoms in total. The van der Waals surface area contributed by atoms with E-state index in [1.54, 1.807) is 9.36 Å². The van der Waals surface area contributed by atoms with Crippen LogP contribution in [0, 0.1) is 0 Å². The number of benzene rings is 4. The van der Waals surface area contributed by atoms with Crippen molar-refractivity contribution < 1.29 is 10.2 Å². The fraction of sp³-hybridized carbons (Fsp3) is 0.273. The molecule has 8 heteroatoms. The van der Waals surface area contributed by atoms with Crippen molar-refractivity contribution in [3.05, 3.63) is 95.1 Å². The molecule has 0 atom stereocenters. The quantitative estimate of drug-likeness (QED) is 0.254. The molecule has 0 bridgehead atoms. The minimum absolute atomic E-state index is 0.0990. The molecule has 0 aliphatic carbocycles. The van der Waals surface area contributed by atoms with Crippen molar-refractivity contribution >= 4 is 22.1 Å². The molecule has 0 saturated heterocycles. The number of phenols is 2. The lowest BCUT2D eigenvalue weighted by Gasteiger charge is -2.24. The lowest BCUT2D eigenvalue weighted by molar-refractivity contribution is 0.456. The molecule has 41 heavy (non-hydrogen) atoms. The highest BCUT2D eigenvalue weighted by Crippen LogP contribution is 2.39. The van der Waals surface area contributed by atoms with E-state index in [4.69, 9.17) is 0 Å². The van der Waals surface area contributed by atoms with E-state index in [0.717, 1.165) is 33.2 Å². The highest BCUT2D eigenvalue weighted by Gasteiger charge is 2.25. The molecule has 6 rings (SSSR count). The Kier molecular flexibility index (Phi) is 6.10. The largest absolute Gasteiger partial charge is 0.505 e. The molecule has 2 heterocycles. The van der Waals surface area contributed by atoms with Gasteiger partial charge in [0.15, 0.2) is 0 Å². The van der Waals surface area contributed by atoms with Gasteiger partial charge in [-0.05, 0) is 58.4 Å². The zero-order valence-electron chi connectivity index (χ0n) is 24.2. The Morgan fingerprint density at radius 3 is 1.37 bits per heavy atom. The Morgan fingerprint density at radius 2 is 0.976 bits per heavy atom. The Bertz CT molecular complexity index is 1780. The summed E-state index contributed by atoms with van der Waals surface area (Å²) in [6, 6.07) is 23.3. The maximum Gasteiger partial charge on any atom is 0.144 e. The van der Waals surface area contributed by atoms with Gasteiger partial charge in [-0.15, -0.1) is 10.2 Å². The van der Waals surface area contributed by atoms with Gasteiger partial charge in [0.05, 0.1) is 11.0 Å². The molecular formula is C33H34N6O2. The van der Waals surface area contributed by atoms with E-state index in [1.807, 2.05) is 72.8 Å². The maximum atomic E-state index is 11.7. The summed E-state index contributed by atoms with van der Waals surface area (Å²) in [5.41, 5.74) is 7.24. The van der Waals surface area contributed by atoms with Crippen LogP contribution in [0.15, 0.2) is 72.8 Å². The summed E-state index contributed by atoms with van der Waals surface area (Å²) in [4.78, 5) is 0. The summed E-state index contributed by atoms with van der Waals surface area (Å²) in [7, 11) is 0.